The molecule has 0 spiro atoms. The van der Waals surface area contributed by atoms with Crippen molar-refractivity contribution in [3.05, 3.63) is 165 Å². The summed E-state index contributed by atoms with van der Waals surface area (Å²) in [5.74, 6) is 3.13. The number of nitrogens with zero attached hydrogens (tertiary/aromatic N) is 2. The first-order chi connectivity index (χ1) is 25.0. The van der Waals surface area contributed by atoms with Gasteiger partial charge in [-0.15, -0.1) is 24.3 Å². The number of para-hydroxylation sites is 2. The molecule has 0 aliphatic heterocycles. The summed E-state index contributed by atoms with van der Waals surface area (Å²) < 4.78 is 1.56. The maximum Gasteiger partial charge on any atom is 0.134 e. The van der Waals surface area contributed by atoms with E-state index in [-0.39, 0.29) is 37.0 Å². The molecule has 9 rings (SSSR count). The standard InChI is InChI=1S/C32H34Br2N2O2.2C7H7.Hf/c1-19-7-23(30(37)26(8-19)32-14-20-9-21(15-32)11-22(10-20)16-32)17-35-28-5-3-4-6-29(28)36(2)18-24-12-25(33)13-27(34)31(24)38;2*1-7-5-3-2-4-6-7;/h3-8,12-13,17,20-22,37-38H,9-11,14-16,18H2,1-2H3;2*2-6H,1H2;/q;2*-1;. The first-order valence-corrected chi connectivity index (χ1v) is 19.7. The second kappa shape index (κ2) is 18.4. The van der Waals surface area contributed by atoms with Crippen LogP contribution in [0.2, 0.25) is 0 Å². The van der Waals surface area contributed by atoms with E-state index in [4.69, 9.17) is 4.99 Å². The molecule has 5 aromatic rings. The van der Waals surface area contributed by atoms with E-state index >= 15 is 0 Å². The molecule has 5 aromatic carbocycles. The number of aliphatic imine (C=N–C) groups is 1. The number of halogens is 2. The van der Waals surface area contributed by atoms with E-state index in [0.717, 1.165) is 61.4 Å². The predicted molar refractivity (Wildman–Crippen MR) is 224 cm³/mol. The molecule has 274 valence electrons. The van der Waals surface area contributed by atoms with Gasteiger partial charge in [-0.05, 0) is 120 Å². The third kappa shape index (κ3) is 10.3. The van der Waals surface area contributed by atoms with E-state index in [9.17, 15) is 10.2 Å². The molecule has 0 saturated heterocycles. The molecule has 4 nitrogen and oxygen atoms in total. The Balaban J connectivity index is 0.000000301. The topological polar surface area (TPSA) is 56.1 Å². The monoisotopic (exact) mass is 998 g/mol. The molecule has 7 heteroatoms. The van der Waals surface area contributed by atoms with Crippen molar-refractivity contribution in [3.8, 4) is 11.5 Å². The molecule has 53 heavy (non-hydrogen) atoms. The van der Waals surface area contributed by atoms with Crippen molar-refractivity contribution in [3.63, 3.8) is 0 Å². The Morgan fingerprint density at radius 2 is 1.28 bits per heavy atom. The summed E-state index contributed by atoms with van der Waals surface area (Å²) in [6.45, 7) is 10.1. The van der Waals surface area contributed by atoms with Gasteiger partial charge >= 0.3 is 0 Å². The second-order valence-electron chi connectivity index (χ2n) is 14.9. The Morgan fingerprint density at radius 1 is 0.755 bits per heavy atom. The van der Waals surface area contributed by atoms with Gasteiger partial charge in [0.25, 0.3) is 0 Å². The molecule has 0 heterocycles. The van der Waals surface area contributed by atoms with E-state index in [0.29, 0.717) is 16.8 Å². The minimum absolute atomic E-state index is 0. The summed E-state index contributed by atoms with van der Waals surface area (Å²) in [6, 6.07) is 35.8. The fourth-order valence-corrected chi connectivity index (χ4v) is 10.1. The molecule has 2 N–H and O–H groups in total. The van der Waals surface area contributed by atoms with Crippen LogP contribution in [0.25, 0.3) is 0 Å². The molecule has 4 bridgehead atoms. The van der Waals surface area contributed by atoms with Crippen LogP contribution in [-0.4, -0.2) is 23.5 Å². The Hall–Kier alpha value is -3.26. The Morgan fingerprint density at radius 3 is 1.81 bits per heavy atom. The van der Waals surface area contributed by atoms with Gasteiger partial charge in [0.15, 0.2) is 0 Å². The minimum atomic E-state index is 0. The number of aryl methyl sites for hydroxylation is 1. The molecule has 0 radical (unpaired) electrons. The van der Waals surface area contributed by atoms with Gasteiger partial charge in [0.2, 0.25) is 0 Å². The number of hydrogen-bond acceptors (Lipinski definition) is 4. The number of anilines is 1. The fraction of sp³-hybridized carbons (Fsp3) is 0.283. The summed E-state index contributed by atoms with van der Waals surface area (Å²) in [5, 5.41) is 22.1. The van der Waals surface area contributed by atoms with Gasteiger partial charge in [0.1, 0.15) is 11.5 Å². The van der Waals surface area contributed by atoms with Gasteiger partial charge in [0, 0.05) is 66.8 Å². The predicted octanol–water partition coefficient (Wildman–Crippen LogP) is 12.5. The number of phenolic OH excluding ortho intramolecular Hbond substituents is 2. The van der Waals surface area contributed by atoms with Crippen LogP contribution >= 0.6 is 31.9 Å². The van der Waals surface area contributed by atoms with E-state index in [1.54, 1.807) is 0 Å². The van der Waals surface area contributed by atoms with Crippen molar-refractivity contribution in [2.45, 2.75) is 57.4 Å². The molecule has 4 aliphatic carbocycles. The van der Waals surface area contributed by atoms with Crippen LogP contribution in [0.4, 0.5) is 11.4 Å². The van der Waals surface area contributed by atoms with Crippen molar-refractivity contribution in [2.24, 2.45) is 22.7 Å². The van der Waals surface area contributed by atoms with Crippen LogP contribution < -0.4 is 4.90 Å². The van der Waals surface area contributed by atoms with Crippen molar-refractivity contribution in [2.75, 3.05) is 11.9 Å². The molecule has 4 saturated carbocycles. The first-order valence-electron chi connectivity index (χ1n) is 18.1. The molecule has 0 atom stereocenters. The average Bonchev–Trinajstić information content (AvgIpc) is 3.11. The van der Waals surface area contributed by atoms with Crippen LogP contribution in [0.15, 0.2) is 123 Å². The molecule has 0 unspecified atom stereocenters. The smallest absolute Gasteiger partial charge is 0.134 e. The van der Waals surface area contributed by atoms with E-state index in [2.05, 4.69) is 63.6 Å². The molecule has 4 aliphatic rings. The van der Waals surface area contributed by atoms with E-state index in [1.807, 2.05) is 116 Å². The van der Waals surface area contributed by atoms with Gasteiger partial charge in [-0.25, -0.2) is 0 Å². The Labute approximate surface area is 351 Å². The summed E-state index contributed by atoms with van der Waals surface area (Å²) in [5.41, 5.74) is 7.98. The number of rotatable bonds is 6. The van der Waals surface area contributed by atoms with Crippen LogP contribution in [0.3, 0.4) is 0 Å². The normalized spacial score (nSPS) is 20.8. The number of phenols is 2. The van der Waals surface area contributed by atoms with E-state index in [1.165, 1.54) is 44.1 Å². The Kier molecular flexibility index (Phi) is 14.2. The third-order valence-corrected chi connectivity index (χ3v) is 11.8. The third-order valence-electron chi connectivity index (χ3n) is 10.7. The maximum absolute atomic E-state index is 11.6. The van der Waals surface area contributed by atoms with Crippen molar-refractivity contribution in [1.29, 1.82) is 0 Å². The van der Waals surface area contributed by atoms with Crippen molar-refractivity contribution >= 4 is 49.4 Å². The summed E-state index contributed by atoms with van der Waals surface area (Å²) in [7, 11) is 2.00. The van der Waals surface area contributed by atoms with Gasteiger partial charge in [-0.1, -0.05) is 46.3 Å². The number of benzene rings is 5. The van der Waals surface area contributed by atoms with E-state index < -0.39 is 0 Å². The zero-order valence-electron chi connectivity index (χ0n) is 30.6. The zero-order chi connectivity index (χ0) is 36.8. The van der Waals surface area contributed by atoms with Gasteiger partial charge in [0.05, 0.1) is 15.8 Å². The number of aromatic hydroxyl groups is 2. The number of hydrogen-bond donors (Lipinski definition) is 2. The van der Waals surface area contributed by atoms with Crippen LogP contribution in [0, 0.1) is 38.5 Å². The van der Waals surface area contributed by atoms with Gasteiger partial charge < -0.3 is 15.1 Å². The van der Waals surface area contributed by atoms with Crippen LogP contribution in [-0.2, 0) is 37.8 Å². The fourth-order valence-electron chi connectivity index (χ4n) is 8.82. The minimum Gasteiger partial charge on any atom is -0.507 e. The molecule has 0 aromatic heterocycles. The summed E-state index contributed by atoms with van der Waals surface area (Å²) in [4.78, 5) is 6.96. The van der Waals surface area contributed by atoms with Crippen molar-refractivity contribution < 1.29 is 36.1 Å². The van der Waals surface area contributed by atoms with Gasteiger partial charge in [-0.2, -0.15) is 49.2 Å². The SMILES string of the molecule is Cc1cc(C=Nc2ccccc2N(C)Cc2cc(Br)cc(Br)c2O)c(O)c(C23CC4CC(CC(C4)C2)C3)c1.[CH2-]c1ccccc1.[CH2-]c1ccccc1.[Hf]. The molecular formula is C46H48Br2HfN2O2-2. The average molecular weight is 999 g/mol. The maximum atomic E-state index is 11.6. The second-order valence-corrected chi connectivity index (χ2v) is 16.7. The molecule has 4 fully saturated rings. The molecule has 0 amide bonds. The summed E-state index contributed by atoms with van der Waals surface area (Å²) >= 11 is 6.95. The quantitative estimate of drug-likeness (QED) is 0.101. The first kappa shape index (κ1) is 40.9. The van der Waals surface area contributed by atoms with Crippen molar-refractivity contribution in [1.82, 2.24) is 0 Å². The van der Waals surface area contributed by atoms with Gasteiger partial charge in [-0.3, -0.25) is 4.99 Å². The zero-order valence-corrected chi connectivity index (χ0v) is 37.4. The van der Waals surface area contributed by atoms with Crippen LogP contribution in [0.1, 0.15) is 71.9 Å². The molecular weight excluding hydrogens is 951 g/mol. The summed E-state index contributed by atoms with van der Waals surface area (Å²) in [6.07, 6.45) is 9.65. The largest absolute Gasteiger partial charge is 0.507 e. The van der Waals surface area contributed by atoms with Crippen LogP contribution in [0.5, 0.6) is 11.5 Å². The Bertz CT molecular complexity index is 1930.